The molecule has 0 saturated carbocycles. The molecule has 1 aromatic heterocycles. The fraction of sp³-hybridized carbons (Fsp3) is 0.267. The van der Waals surface area contributed by atoms with Crippen LogP contribution in [0, 0.1) is 0 Å². The quantitative estimate of drug-likeness (QED) is 0.649. The van der Waals surface area contributed by atoms with E-state index in [0.717, 1.165) is 12.3 Å². The van der Waals surface area contributed by atoms with Gasteiger partial charge in [-0.2, -0.15) is 10.1 Å². The molecule has 0 amide bonds. The first kappa shape index (κ1) is 16.6. The maximum atomic E-state index is 6.25. The first-order valence-corrected chi connectivity index (χ1v) is 8.20. The molecule has 5 N–H and O–H groups in total. The van der Waals surface area contributed by atoms with Gasteiger partial charge in [-0.25, -0.2) is 4.98 Å². The monoisotopic (exact) mass is 365 g/mol. The summed E-state index contributed by atoms with van der Waals surface area (Å²) >= 11 is 12.3. The number of benzene rings is 1. The molecule has 0 spiro atoms. The van der Waals surface area contributed by atoms with Gasteiger partial charge in [-0.3, -0.25) is 5.43 Å². The van der Waals surface area contributed by atoms with Crippen molar-refractivity contribution in [3.63, 3.8) is 0 Å². The second-order valence-corrected chi connectivity index (χ2v) is 6.11. The molecule has 126 valence electrons. The number of amidine groups is 1. The normalized spacial score (nSPS) is 16.3. The van der Waals surface area contributed by atoms with Crippen LogP contribution in [0.1, 0.15) is 13.3 Å². The molecule has 2 aromatic rings. The average molecular weight is 366 g/mol. The molecule has 0 fully saturated rings. The topological polar surface area (TPSA) is 100 Å². The van der Waals surface area contributed by atoms with E-state index in [1.165, 1.54) is 0 Å². The van der Waals surface area contributed by atoms with Crippen molar-refractivity contribution >= 4 is 40.8 Å². The van der Waals surface area contributed by atoms with Gasteiger partial charge in [0.05, 0.1) is 15.7 Å². The second kappa shape index (κ2) is 7.11. The summed E-state index contributed by atoms with van der Waals surface area (Å²) < 4.78 is 0. The molecule has 0 saturated heterocycles. The lowest BCUT2D eigenvalue weighted by Crippen LogP contribution is -2.32. The predicted molar refractivity (Wildman–Crippen MR) is 98.2 cm³/mol. The van der Waals surface area contributed by atoms with Crippen LogP contribution < -0.4 is 21.8 Å². The van der Waals surface area contributed by atoms with Crippen LogP contribution in [-0.2, 0) is 0 Å². The Bertz CT molecular complexity index is 778. The maximum absolute atomic E-state index is 6.25. The van der Waals surface area contributed by atoms with Crippen molar-refractivity contribution in [2.75, 3.05) is 17.6 Å². The van der Waals surface area contributed by atoms with Crippen LogP contribution in [0.25, 0.3) is 11.3 Å². The number of nitrogens with two attached hydrogens (primary N) is 1. The molecule has 3 rings (SSSR count). The summed E-state index contributed by atoms with van der Waals surface area (Å²) in [5.74, 6) is 1.68. The fourth-order valence-corrected chi connectivity index (χ4v) is 2.72. The van der Waals surface area contributed by atoms with Crippen LogP contribution in [0.2, 0.25) is 10.0 Å². The average Bonchev–Trinajstić information content (AvgIpc) is 2.95. The van der Waals surface area contributed by atoms with Gasteiger partial charge in [-0.15, -0.1) is 0 Å². The summed E-state index contributed by atoms with van der Waals surface area (Å²) in [7, 11) is 0. The minimum atomic E-state index is 0.159. The molecule has 24 heavy (non-hydrogen) atoms. The number of aromatic nitrogens is 2. The number of nitrogens with zero attached hydrogens (tertiary/aromatic N) is 3. The van der Waals surface area contributed by atoms with Gasteiger partial charge in [0.25, 0.3) is 0 Å². The third-order valence-corrected chi connectivity index (χ3v) is 4.23. The van der Waals surface area contributed by atoms with Crippen molar-refractivity contribution in [3.05, 3.63) is 34.3 Å². The molecular weight excluding hydrogens is 349 g/mol. The van der Waals surface area contributed by atoms with Crippen LogP contribution >= 0.6 is 23.2 Å². The number of hydrazone groups is 1. The molecule has 2 heterocycles. The third kappa shape index (κ3) is 3.80. The zero-order valence-corrected chi connectivity index (χ0v) is 14.5. The molecular formula is C15H17Cl2N7. The minimum Gasteiger partial charge on any atom is -0.369 e. The lowest BCUT2D eigenvalue weighted by molar-refractivity contribution is 0.590. The second-order valence-electron chi connectivity index (χ2n) is 5.33. The van der Waals surface area contributed by atoms with Gasteiger partial charge in [-0.05, 0) is 13.0 Å². The van der Waals surface area contributed by atoms with Crippen LogP contribution in [-0.4, -0.2) is 28.5 Å². The molecule has 1 aliphatic heterocycles. The lowest BCUT2D eigenvalue weighted by atomic mass is 10.1. The maximum Gasteiger partial charge on any atom is 0.222 e. The van der Waals surface area contributed by atoms with Crippen molar-refractivity contribution in [2.24, 2.45) is 5.10 Å². The van der Waals surface area contributed by atoms with Gasteiger partial charge in [0.1, 0.15) is 17.8 Å². The standard InChI is InChI=1S/C15H17Cl2N7/c1-8-20-12(24-23-8)5-6-19-13-7-11(21-15(18)22-13)9-3-2-4-10(16)14(9)17/h2-4,7-8,23H,5-6H2,1H3,(H,20,24)(H3,18,19,21,22). The smallest absolute Gasteiger partial charge is 0.222 e. The first-order chi connectivity index (χ1) is 11.5. The van der Waals surface area contributed by atoms with Crippen molar-refractivity contribution < 1.29 is 0 Å². The molecule has 1 atom stereocenters. The van der Waals surface area contributed by atoms with Gasteiger partial charge < -0.3 is 16.4 Å². The summed E-state index contributed by atoms with van der Waals surface area (Å²) in [5.41, 5.74) is 10.1. The van der Waals surface area contributed by atoms with E-state index in [9.17, 15) is 0 Å². The number of hydrogen-bond acceptors (Lipinski definition) is 7. The van der Waals surface area contributed by atoms with Gasteiger partial charge in [-0.1, -0.05) is 35.3 Å². The van der Waals surface area contributed by atoms with Gasteiger partial charge >= 0.3 is 0 Å². The Balaban J connectivity index is 1.73. The highest BCUT2D eigenvalue weighted by Gasteiger charge is 2.13. The molecule has 0 bridgehead atoms. The Morgan fingerprint density at radius 2 is 2.12 bits per heavy atom. The van der Waals surface area contributed by atoms with Crippen molar-refractivity contribution in [3.8, 4) is 11.3 Å². The Labute approximate surface area is 149 Å². The highest BCUT2D eigenvalue weighted by molar-refractivity contribution is 6.43. The van der Waals surface area contributed by atoms with E-state index in [4.69, 9.17) is 28.9 Å². The van der Waals surface area contributed by atoms with E-state index in [1.54, 1.807) is 12.1 Å². The Morgan fingerprint density at radius 3 is 2.88 bits per heavy atom. The van der Waals surface area contributed by atoms with Gasteiger partial charge in [0, 0.05) is 24.6 Å². The van der Waals surface area contributed by atoms with E-state index in [-0.39, 0.29) is 12.1 Å². The summed E-state index contributed by atoms with van der Waals surface area (Å²) in [6.07, 6.45) is 0.889. The molecule has 1 aromatic carbocycles. The zero-order chi connectivity index (χ0) is 17.1. The van der Waals surface area contributed by atoms with E-state index in [1.807, 2.05) is 19.1 Å². The Hall–Kier alpha value is -2.25. The Morgan fingerprint density at radius 1 is 1.29 bits per heavy atom. The minimum absolute atomic E-state index is 0.159. The van der Waals surface area contributed by atoms with Crippen molar-refractivity contribution in [1.82, 2.24) is 20.7 Å². The molecule has 1 unspecified atom stereocenters. The zero-order valence-electron chi connectivity index (χ0n) is 13.0. The van der Waals surface area contributed by atoms with Crippen LogP contribution in [0.3, 0.4) is 0 Å². The summed E-state index contributed by atoms with van der Waals surface area (Å²) in [6, 6.07) is 7.16. The van der Waals surface area contributed by atoms with Gasteiger partial charge in [0.15, 0.2) is 0 Å². The van der Waals surface area contributed by atoms with Crippen LogP contribution in [0.15, 0.2) is 29.4 Å². The summed E-state index contributed by atoms with van der Waals surface area (Å²) in [6.45, 7) is 2.65. The molecule has 0 radical (unpaired) electrons. The van der Waals surface area contributed by atoms with Crippen LogP contribution in [0.4, 0.5) is 11.8 Å². The van der Waals surface area contributed by atoms with Crippen molar-refractivity contribution in [1.29, 1.82) is 0 Å². The Kier molecular flexibility index (Phi) is 4.92. The van der Waals surface area contributed by atoms with Crippen LogP contribution in [0.5, 0.6) is 0 Å². The first-order valence-electron chi connectivity index (χ1n) is 7.44. The number of nitrogen functional groups attached to an aromatic ring is 1. The number of rotatable bonds is 5. The number of nitrogens with one attached hydrogen (secondary N) is 3. The molecule has 7 nitrogen and oxygen atoms in total. The molecule has 9 heteroatoms. The van der Waals surface area contributed by atoms with Crippen molar-refractivity contribution in [2.45, 2.75) is 19.5 Å². The van der Waals surface area contributed by atoms with E-state index in [2.05, 4.69) is 31.1 Å². The molecule has 1 aliphatic rings. The van der Waals surface area contributed by atoms with E-state index in [0.29, 0.717) is 33.7 Å². The number of hydrogen-bond donors (Lipinski definition) is 4. The fourth-order valence-electron chi connectivity index (χ4n) is 2.32. The summed E-state index contributed by atoms with van der Waals surface area (Å²) in [4.78, 5) is 8.43. The third-order valence-electron chi connectivity index (χ3n) is 3.42. The SMILES string of the molecule is CC1NN=C(CCNc2cc(-c3cccc(Cl)c3Cl)nc(N)n2)N1. The van der Waals surface area contributed by atoms with E-state index >= 15 is 0 Å². The lowest BCUT2D eigenvalue weighted by Gasteiger charge is -2.10. The number of halogens is 2. The predicted octanol–water partition coefficient (Wildman–Crippen LogP) is 2.69. The highest BCUT2D eigenvalue weighted by Crippen LogP contribution is 2.33. The van der Waals surface area contributed by atoms with E-state index < -0.39 is 0 Å². The van der Waals surface area contributed by atoms with Gasteiger partial charge in [0.2, 0.25) is 5.95 Å². The number of anilines is 2. The highest BCUT2D eigenvalue weighted by atomic mass is 35.5. The molecule has 0 aliphatic carbocycles. The largest absolute Gasteiger partial charge is 0.369 e. The summed E-state index contributed by atoms with van der Waals surface area (Å²) in [5, 5.41) is 11.5.